The van der Waals surface area contributed by atoms with Gasteiger partial charge in [0.2, 0.25) is 10.0 Å². The number of carboxylic acids is 1. The fourth-order valence-corrected chi connectivity index (χ4v) is 3.28. The number of sulfonamides is 1. The van der Waals surface area contributed by atoms with Crippen molar-refractivity contribution in [2.75, 3.05) is 13.6 Å². The lowest BCUT2D eigenvalue weighted by Crippen LogP contribution is -2.29. The lowest BCUT2D eigenvalue weighted by atomic mass is 10.2. The average molecular weight is 413 g/mol. The second kappa shape index (κ2) is 6.83. The topological polar surface area (TPSA) is 94.9 Å². The molecule has 0 radical (unpaired) electrons. The Morgan fingerprint density at radius 2 is 2.05 bits per heavy atom. The van der Waals surface area contributed by atoms with Crippen molar-refractivity contribution < 1.29 is 23.4 Å². The largest absolute Gasteiger partial charge is 0.478 e. The van der Waals surface area contributed by atoms with E-state index in [1.165, 1.54) is 19.2 Å². The van der Waals surface area contributed by atoms with E-state index in [9.17, 15) is 18.3 Å². The number of hydrogen-bond acceptors (Lipinski definition) is 4. The van der Waals surface area contributed by atoms with Crippen molar-refractivity contribution in [3.8, 4) is 0 Å². The fraction of sp³-hybridized carbons (Fsp3) is 0.417. The second-order valence-electron chi connectivity index (χ2n) is 4.41. The number of halogens is 1. The molecule has 8 heteroatoms. The number of carboxylic acid groups (broad SMARTS) is 1. The summed E-state index contributed by atoms with van der Waals surface area (Å²) < 4.78 is 26.1. The van der Waals surface area contributed by atoms with Gasteiger partial charge in [0.15, 0.2) is 0 Å². The van der Waals surface area contributed by atoms with Gasteiger partial charge < -0.3 is 10.2 Å². The molecule has 1 unspecified atom stereocenters. The van der Waals surface area contributed by atoms with Gasteiger partial charge in [0.1, 0.15) is 0 Å². The first-order valence-corrected chi connectivity index (χ1v) is 8.35. The maximum absolute atomic E-state index is 12.3. The van der Waals surface area contributed by atoms with Crippen molar-refractivity contribution in [1.29, 1.82) is 0 Å². The van der Waals surface area contributed by atoms with Crippen LogP contribution in [0.4, 0.5) is 0 Å². The second-order valence-corrected chi connectivity index (χ2v) is 7.62. The Labute approximate surface area is 131 Å². The molecule has 0 aliphatic heterocycles. The number of nitrogens with zero attached hydrogens (tertiary/aromatic N) is 1. The molecule has 20 heavy (non-hydrogen) atoms. The molecule has 0 fully saturated rings. The molecule has 0 aliphatic carbocycles. The van der Waals surface area contributed by atoms with E-state index in [1.807, 2.05) is 22.6 Å². The van der Waals surface area contributed by atoms with Crippen LogP contribution in [-0.4, -0.2) is 48.6 Å². The van der Waals surface area contributed by atoms with Crippen molar-refractivity contribution in [3.05, 3.63) is 27.3 Å². The first kappa shape index (κ1) is 17.3. The van der Waals surface area contributed by atoms with Crippen molar-refractivity contribution in [2.24, 2.45) is 0 Å². The summed E-state index contributed by atoms with van der Waals surface area (Å²) in [5.74, 6) is -1.17. The number of benzene rings is 1. The van der Waals surface area contributed by atoms with Crippen LogP contribution in [0.5, 0.6) is 0 Å². The van der Waals surface area contributed by atoms with Crippen molar-refractivity contribution in [1.82, 2.24) is 4.31 Å². The minimum atomic E-state index is -3.75. The molecule has 0 saturated carbocycles. The zero-order valence-electron chi connectivity index (χ0n) is 11.1. The van der Waals surface area contributed by atoms with E-state index in [2.05, 4.69) is 0 Å². The summed E-state index contributed by atoms with van der Waals surface area (Å²) in [6.07, 6.45) is -0.287. The molecule has 0 bridgehead atoms. The highest BCUT2D eigenvalue weighted by atomic mass is 127. The summed E-state index contributed by atoms with van der Waals surface area (Å²) in [6.45, 7) is 1.74. The highest BCUT2D eigenvalue weighted by Gasteiger charge is 2.23. The van der Waals surface area contributed by atoms with Crippen LogP contribution in [0.3, 0.4) is 0 Å². The van der Waals surface area contributed by atoms with Gasteiger partial charge in [0.25, 0.3) is 0 Å². The van der Waals surface area contributed by atoms with Gasteiger partial charge in [-0.2, -0.15) is 0 Å². The SMILES string of the molecule is CC(O)CCN(C)S(=O)(=O)c1ccc(I)c(C(=O)O)c1. The lowest BCUT2D eigenvalue weighted by Gasteiger charge is -2.18. The molecule has 0 aliphatic rings. The molecule has 1 aromatic rings. The van der Waals surface area contributed by atoms with Crippen molar-refractivity contribution >= 4 is 38.6 Å². The van der Waals surface area contributed by atoms with Crippen LogP contribution < -0.4 is 0 Å². The molecular formula is C12H16INO5S. The van der Waals surface area contributed by atoms with Crippen LogP contribution in [0.1, 0.15) is 23.7 Å². The number of rotatable bonds is 6. The Morgan fingerprint density at radius 3 is 2.55 bits per heavy atom. The third-order valence-corrected chi connectivity index (χ3v) is 5.53. The third kappa shape index (κ3) is 4.14. The van der Waals surface area contributed by atoms with Crippen molar-refractivity contribution in [2.45, 2.75) is 24.3 Å². The molecular weight excluding hydrogens is 397 g/mol. The Morgan fingerprint density at radius 1 is 1.45 bits per heavy atom. The predicted molar refractivity (Wildman–Crippen MR) is 82.2 cm³/mol. The first-order valence-electron chi connectivity index (χ1n) is 5.83. The van der Waals surface area contributed by atoms with Gasteiger partial charge >= 0.3 is 5.97 Å². The first-order chi connectivity index (χ1) is 9.16. The van der Waals surface area contributed by atoms with Gasteiger partial charge in [-0.25, -0.2) is 17.5 Å². The molecule has 0 saturated heterocycles. The summed E-state index contributed by atoms with van der Waals surface area (Å²) in [4.78, 5) is 11.0. The quantitative estimate of drug-likeness (QED) is 0.688. The minimum absolute atomic E-state index is 0.0457. The van der Waals surface area contributed by atoms with Crippen LogP contribution >= 0.6 is 22.6 Å². The van der Waals surface area contributed by atoms with Crippen molar-refractivity contribution in [3.63, 3.8) is 0 Å². The molecule has 2 N–H and O–H groups in total. The molecule has 0 amide bonds. The van der Waals surface area contributed by atoms with E-state index in [0.29, 0.717) is 9.99 Å². The molecule has 0 heterocycles. The van der Waals surface area contributed by atoms with Gasteiger partial charge in [0.05, 0.1) is 16.6 Å². The van der Waals surface area contributed by atoms with E-state index in [4.69, 9.17) is 5.11 Å². The number of aromatic carboxylic acids is 1. The van der Waals surface area contributed by atoms with Gasteiger partial charge in [-0.05, 0) is 54.1 Å². The van der Waals surface area contributed by atoms with E-state index in [-0.39, 0.29) is 17.0 Å². The zero-order chi connectivity index (χ0) is 15.5. The van der Waals surface area contributed by atoms with Gasteiger partial charge in [0, 0.05) is 17.2 Å². The molecule has 0 aromatic heterocycles. The van der Waals surface area contributed by atoms with Gasteiger partial charge in [-0.3, -0.25) is 0 Å². The maximum Gasteiger partial charge on any atom is 0.336 e. The Hall–Kier alpha value is -0.710. The van der Waals surface area contributed by atoms with Crippen LogP contribution in [0.25, 0.3) is 0 Å². The van der Waals surface area contributed by atoms with Crippen LogP contribution in [0, 0.1) is 3.57 Å². The van der Waals surface area contributed by atoms with E-state index >= 15 is 0 Å². The number of carbonyl (C=O) groups is 1. The number of aliphatic hydroxyl groups excluding tert-OH is 1. The minimum Gasteiger partial charge on any atom is -0.478 e. The van der Waals surface area contributed by atoms with E-state index in [0.717, 1.165) is 10.4 Å². The Bertz CT molecular complexity index is 600. The molecule has 112 valence electrons. The molecule has 1 aromatic carbocycles. The van der Waals surface area contributed by atoms with E-state index in [1.54, 1.807) is 6.92 Å². The zero-order valence-corrected chi connectivity index (χ0v) is 14.1. The van der Waals surface area contributed by atoms with E-state index < -0.39 is 22.1 Å². The van der Waals surface area contributed by atoms with Crippen LogP contribution in [0.2, 0.25) is 0 Å². The van der Waals surface area contributed by atoms with Gasteiger partial charge in [-0.15, -0.1) is 0 Å². The molecule has 6 nitrogen and oxygen atoms in total. The van der Waals surface area contributed by atoms with Crippen LogP contribution in [-0.2, 0) is 10.0 Å². The van der Waals surface area contributed by atoms with Gasteiger partial charge in [-0.1, -0.05) is 0 Å². The molecule has 0 spiro atoms. The Balaban J connectivity index is 3.09. The summed E-state index contributed by atoms with van der Waals surface area (Å²) in [6, 6.07) is 3.99. The lowest BCUT2D eigenvalue weighted by molar-refractivity contribution is 0.0695. The summed E-state index contributed by atoms with van der Waals surface area (Å²) >= 11 is 1.84. The Kier molecular flexibility index (Phi) is 5.92. The average Bonchev–Trinajstić information content (AvgIpc) is 2.35. The highest BCUT2D eigenvalue weighted by Crippen LogP contribution is 2.20. The summed E-state index contributed by atoms with van der Waals surface area (Å²) in [5, 5.41) is 18.2. The maximum atomic E-state index is 12.3. The third-order valence-electron chi connectivity index (χ3n) is 2.74. The number of aliphatic hydroxyl groups is 1. The summed E-state index contributed by atoms with van der Waals surface area (Å²) in [7, 11) is -2.35. The predicted octanol–water partition coefficient (Wildman–Crippen LogP) is 1.38. The highest BCUT2D eigenvalue weighted by molar-refractivity contribution is 14.1. The fourth-order valence-electron chi connectivity index (χ4n) is 1.50. The smallest absolute Gasteiger partial charge is 0.336 e. The standard InChI is InChI=1S/C12H16INO5S/c1-8(15)5-6-14(2)20(18,19)9-3-4-11(13)10(7-9)12(16)17/h3-4,7-8,15H,5-6H2,1-2H3,(H,16,17). The molecule has 1 rings (SSSR count). The monoisotopic (exact) mass is 413 g/mol. The van der Waals surface area contributed by atoms with Crippen LogP contribution in [0.15, 0.2) is 23.1 Å². The number of hydrogen-bond donors (Lipinski definition) is 2. The summed E-state index contributed by atoms with van der Waals surface area (Å²) in [5.41, 5.74) is -0.0457. The molecule has 1 atom stereocenters. The normalized spacial score (nSPS) is 13.4.